The molecule has 0 aromatic carbocycles. The molecule has 0 aromatic heterocycles. The number of unbranched alkanes of at least 4 members (excludes halogenated alkanes) is 23. The molecule has 582 valence electrons. The average Bonchev–Trinajstić information content (AvgIpc) is 0.934. The molecule has 0 spiro atoms. The lowest BCUT2D eigenvalue weighted by Gasteiger charge is -2.21. The smallest absolute Gasteiger partial charge is 0.462 e. The molecule has 19 heteroatoms. The molecule has 0 heterocycles. The standard InChI is InChI=1S/C83H138O17P2/c1-5-9-13-17-21-25-29-32-35-37-38-40-42-45-49-52-56-60-64-68-81(86)94-74-79(100-83(88)70-66-62-58-54-50-46-43-39-36-33-30-26-22-18-14-10-6-2)76-98-102(91,92)96-72-77(84)71-95-101(89,90)97-75-78(99-82(87)69-65-61-57-53-47-28-24-20-16-12-8-4)73-93-80(85)67-63-59-55-51-48-44-41-34-31-27-23-19-15-11-7-3/h9-11,13-15,21-23,25-27,32-36,38,40-41,48,51,59,63,77-79,84H,5-8,12,16-20,24,28-31,37,39,42-47,49-50,52-58,60-62,64-76H2,1-4H3,(H,89,90)(H,91,92)/b13-9-,14-10-,15-11-,25-21-,26-22-,27-23-,35-32-,36-33-,40-38-,41-34-,51-48-,63-59-. The van der Waals surface area contributed by atoms with Crippen LogP contribution in [-0.2, 0) is 65.4 Å². The molecule has 0 bridgehead atoms. The second-order valence-electron chi connectivity index (χ2n) is 25.5. The monoisotopic (exact) mass is 1470 g/mol. The Morgan fingerprint density at radius 3 is 0.873 bits per heavy atom. The van der Waals surface area contributed by atoms with Crippen LogP contribution in [-0.4, -0.2) is 96.7 Å². The molecular weight excluding hydrogens is 1330 g/mol. The van der Waals surface area contributed by atoms with E-state index < -0.39 is 97.5 Å². The Kier molecular flexibility index (Phi) is 70.5. The number of ether oxygens (including phenoxy) is 4. The van der Waals surface area contributed by atoms with E-state index in [4.69, 9.17) is 37.0 Å². The fourth-order valence-electron chi connectivity index (χ4n) is 10.0. The number of hydrogen-bond donors (Lipinski definition) is 3. The van der Waals surface area contributed by atoms with Crippen molar-refractivity contribution in [3.05, 3.63) is 146 Å². The maximum atomic E-state index is 13.1. The van der Waals surface area contributed by atoms with E-state index in [2.05, 4.69) is 149 Å². The first-order chi connectivity index (χ1) is 49.7. The van der Waals surface area contributed by atoms with E-state index >= 15 is 0 Å². The topological polar surface area (TPSA) is 237 Å². The van der Waals surface area contributed by atoms with E-state index in [9.17, 15) is 43.2 Å². The number of carbonyl (C=O) groups excluding carboxylic acids is 4. The van der Waals surface area contributed by atoms with Crippen molar-refractivity contribution in [2.75, 3.05) is 39.6 Å². The van der Waals surface area contributed by atoms with Gasteiger partial charge in [0.2, 0.25) is 0 Å². The van der Waals surface area contributed by atoms with Crippen LogP contribution < -0.4 is 0 Å². The van der Waals surface area contributed by atoms with Gasteiger partial charge < -0.3 is 33.8 Å². The van der Waals surface area contributed by atoms with Crippen molar-refractivity contribution in [1.82, 2.24) is 0 Å². The second-order valence-corrected chi connectivity index (χ2v) is 28.4. The highest BCUT2D eigenvalue weighted by Gasteiger charge is 2.30. The summed E-state index contributed by atoms with van der Waals surface area (Å²) in [6.45, 7) is 4.39. The van der Waals surface area contributed by atoms with Crippen molar-refractivity contribution in [2.24, 2.45) is 0 Å². The van der Waals surface area contributed by atoms with Crippen LogP contribution in [0.5, 0.6) is 0 Å². The third-order valence-corrected chi connectivity index (χ3v) is 17.7. The van der Waals surface area contributed by atoms with Crippen molar-refractivity contribution >= 4 is 39.5 Å². The molecule has 0 aliphatic heterocycles. The number of aliphatic hydroxyl groups excluding tert-OH is 1. The summed E-state index contributed by atoms with van der Waals surface area (Å²) in [4.78, 5) is 72.9. The van der Waals surface area contributed by atoms with Gasteiger partial charge in [-0.25, -0.2) is 9.13 Å². The average molecular weight is 1470 g/mol. The van der Waals surface area contributed by atoms with Crippen LogP contribution >= 0.6 is 15.6 Å². The molecule has 5 atom stereocenters. The third kappa shape index (κ3) is 73.3. The first kappa shape index (κ1) is 96.9. The molecule has 0 aliphatic rings. The summed E-state index contributed by atoms with van der Waals surface area (Å²) in [6, 6.07) is 0. The molecule has 0 amide bonds. The molecule has 0 saturated carbocycles. The number of phosphoric acid groups is 2. The van der Waals surface area contributed by atoms with Gasteiger partial charge in [-0.3, -0.25) is 37.3 Å². The molecule has 5 unspecified atom stereocenters. The number of rotatable bonds is 72. The van der Waals surface area contributed by atoms with E-state index in [-0.39, 0.29) is 25.7 Å². The molecule has 0 fully saturated rings. The number of allylic oxidation sites excluding steroid dienone is 23. The van der Waals surface area contributed by atoms with E-state index in [1.54, 1.807) is 6.08 Å². The number of hydrogen-bond acceptors (Lipinski definition) is 15. The molecule has 0 aliphatic carbocycles. The summed E-state index contributed by atoms with van der Waals surface area (Å²) >= 11 is 0. The highest BCUT2D eigenvalue weighted by molar-refractivity contribution is 7.47. The number of aliphatic hydroxyl groups is 1. The van der Waals surface area contributed by atoms with Gasteiger partial charge >= 0.3 is 39.5 Å². The summed E-state index contributed by atoms with van der Waals surface area (Å²) in [5.41, 5.74) is 0. The van der Waals surface area contributed by atoms with Gasteiger partial charge in [-0.05, 0) is 122 Å². The minimum Gasteiger partial charge on any atom is -0.462 e. The SMILES string of the molecule is CC/C=C\C/C=C\C/C=C\C/C=C\C/C=C\CC(=O)OCC(COP(=O)(O)OCC(O)COP(=O)(O)OCC(COC(=O)CCCCCCCC/C=C\C/C=C\C/C=C\C/C=C\CC)OC(=O)CCCCCCCCC/C=C\C/C=C\C/C=C\CC)OC(=O)CCCCCCCCCCCCC. The van der Waals surface area contributed by atoms with Crippen molar-refractivity contribution in [3.63, 3.8) is 0 Å². The number of phosphoric ester groups is 2. The van der Waals surface area contributed by atoms with Gasteiger partial charge in [-0.15, -0.1) is 0 Å². The van der Waals surface area contributed by atoms with Crippen LogP contribution in [0.4, 0.5) is 0 Å². The van der Waals surface area contributed by atoms with Crippen LogP contribution in [0.1, 0.15) is 297 Å². The molecule has 17 nitrogen and oxygen atoms in total. The van der Waals surface area contributed by atoms with Crippen molar-refractivity contribution in [1.29, 1.82) is 0 Å². The van der Waals surface area contributed by atoms with E-state index in [0.717, 1.165) is 180 Å². The van der Waals surface area contributed by atoms with Gasteiger partial charge in [0.1, 0.15) is 19.3 Å². The van der Waals surface area contributed by atoms with Crippen molar-refractivity contribution < 1.29 is 80.2 Å². The Balaban J connectivity index is 5.41. The Morgan fingerprint density at radius 1 is 0.294 bits per heavy atom. The van der Waals surface area contributed by atoms with Crippen molar-refractivity contribution in [2.45, 2.75) is 316 Å². The first-order valence-corrected chi connectivity index (χ1v) is 42.1. The number of esters is 4. The summed E-state index contributed by atoms with van der Waals surface area (Å²) in [5, 5.41) is 10.6. The van der Waals surface area contributed by atoms with Gasteiger partial charge in [0.25, 0.3) is 0 Å². The van der Waals surface area contributed by atoms with Crippen LogP contribution in [0.2, 0.25) is 0 Å². The molecule has 0 radical (unpaired) electrons. The summed E-state index contributed by atoms with van der Waals surface area (Å²) < 4.78 is 68.4. The zero-order valence-corrected chi connectivity index (χ0v) is 65.3. The van der Waals surface area contributed by atoms with E-state index in [0.29, 0.717) is 25.7 Å². The Labute approximate surface area is 617 Å². The number of carbonyl (C=O) groups is 4. The van der Waals surface area contributed by atoms with E-state index in [1.165, 1.54) is 38.5 Å². The fourth-order valence-corrected chi connectivity index (χ4v) is 11.6. The first-order valence-electron chi connectivity index (χ1n) is 39.1. The third-order valence-electron chi connectivity index (χ3n) is 15.8. The van der Waals surface area contributed by atoms with Crippen LogP contribution in [0, 0.1) is 0 Å². The minimum absolute atomic E-state index is 0.0720. The summed E-state index contributed by atoms with van der Waals surface area (Å²) in [5.74, 6) is -2.35. The van der Waals surface area contributed by atoms with Gasteiger partial charge in [-0.2, -0.15) is 0 Å². The second kappa shape index (κ2) is 74.2. The van der Waals surface area contributed by atoms with Gasteiger partial charge in [0.15, 0.2) is 12.2 Å². The zero-order valence-electron chi connectivity index (χ0n) is 63.5. The molecule has 0 rings (SSSR count). The van der Waals surface area contributed by atoms with Crippen molar-refractivity contribution in [3.8, 4) is 0 Å². The molecule has 0 aromatic rings. The van der Waals surface area contributed by atoms with Crippen LogP contribution in [0.15, 0.2) is 146 Å². The lowest BCUT2D eigenvalue weighted by atomic mass is 10.1. The van der Waals surface area contributed by atoms with Gasteiger partial charge in [-0.1, -0.05) is 296 Å². The predicted octanol–water partition coefficient (Wildman–Crippen LogP) is 22.7. The minimum atomic E-state index is -5.00. The quantitative estimate of drug-likeness (QED) is 0.0169. The predicted molar refractivity (Wildman–Crippen MR) is 417 cm³/mol. The molecule has 3 N–H and O–H groups in total. The lowest BCUT2D eigenvalue weighted by Crippen LogP contribution is -2.30. The summed E-state index contributed by atoms with van der Waals surface area (Å²) in [7, 11) is -9.99. The lowest BCUT2D eigenvalue weighted by molar-refractivity contribution is -0.161. The van der Waals surface area contributed by atoms with Crippen LogP contribution in [0.25, 0.3) is 0 Å². The normalized spacial score (nSPS) is 14.7. The fraction of sp³-hybridized carbons (Fsp3) is 0.663. The largest absolute Gasteiger partial charge is 0.472 e. The Hall–Kier alpha value is -5.06. The van der Waals surface area contributed by atoms with Crippen LogP contribution in [0.3, 0.4) is 0 Å². The maximum Gasteiger partial charge on any atom is 0.472 e. The van der Waals surface area contributed by atoms with Gasteiger partial charge in [0.05, 0.1) is 32.8 Å². The molecule has 0 saturated heterocycles. The Morgan fingerprint density at radius 2 is 0.549 bits per heavy atom. The summed E-state index contributed by atoms with van der Waals surface area (Å²) in [6.07, 6.45) is 84.3. The van der Waals surface area contributed by atoms with Gasteiger partial charge in [0, 0.05) is 19.3 Å². The Bertz CT molecular complexity index is 2510. The molecule has 102 heavy (non-hydrogen) atoms. The zero-order chi connectivity index (χ0) is 74.6. The molecular formula is C83H138O17P2. The van der Waals surface area contributed by atoms with E-state index in [1.807, 2.05) is 18.2 Å². The highest BCUT2D eigenvalue weighted by Crippen LogP contribution is 2.45. The highest BCUT2D eigenvalue weighted by atomic mass is 31.2. The maximum absolute atomic E-state index is 13.1.